The number of carboxylic acids is 1. The highest BCUT2D eigenvalue weighted by atomic mass is 16.4. The molecule has 4 heteroatoms. The first-order chi connectivity index (χ1) is 12.5. The van der Waals surface area contributed by atoms with E-state index in [1.165, 1.54) is 11.1 Å². The van der Waals surface area contributed by atoms with Crippen LogP contribution in [0.25, 0.3) is 0 Å². The lowest BCUT2D eigenvalue weighted by molar-refractivity contribution is -0.123. The summed E-state index contributed by atoms with van der Waals surface area (Å²) < 4.78 is 0. The molecular formula is C22H25NO3. The Labute approximate surface area is 154 Å². The van der Waals surface area contributed by atoms with Crippen LogP contribution < -0.4 is 5.32 Å². The Kier molecular flexibility index (Phi) is 5.40. The summed E-state index contributed by atoms with van der Waals surface area (Å²) >= 11 is 0. The number of carbonyl (C=O) groups is 2. The predicted molar refractivity (Wildman–Crippen MR) is 101 cm³/mol. The van der Waals surface area contributed by atoms with Gasteiger partial charge in [0, 0.05) is 6.42 Å². The summed E-state index contributed by atoms with van der Waals surface area (Å²) in [6.45, 7) is 2.07. The highest BCUT2D eigenvalue weighted by Crippen LogP contribution is 2.39. The summed E-state index contributed by atoms with van der Waals surface area (Å²) in [5.41, 5.74) is 3.06. The molecule has 1 aliphatic carbocycles. The van der Waals surface area contributed by atoms with Gasteiger partial charge in [-0.3, -0.25) is 4.79 Å². The number of aromatic carboxylic acids is 1. The predicted octanol–water partition coefficient (Wildman–Crippen LogP) is 4.21. The van der Waals surface area contributed by atoms with E-state index in [9.17, 15) is 14.7 Å². The minimum Gasteiger partial charge on any atom is -0.478 e. The lowest BCUT2D eigenvalue weighted by Crippen LogP contribution is -2.44. The molecule has 3 rings (SSSR count). The van der Waals surface area contributed by atoms with Crippen molar-refractivity contribution in [3.05, 3.63) is 70.8 Å². The summed E-state index contributed by atoms with van der Waals surface area (Å²) in [5.74, 6) is -0.971. The van der Waals surface area contributed by atoms with E-state index in [2.05, 4.69) is 30.4 Å². The second-order valence-electron chi connectivity index (χ2n) is 7.17. The van der Waals surface area contributed by atoms with Crippen LogP contribution in [0.1, 0.15) is 59.2 Å². The van der Waals surface area contributed by atoms with Gasteiger partial charge in [-0.2, -0.15) is 0 Å². The zero-order valence-corrected chi connectivity index (χ0v) is 15.1. The molecule has 0 unspecified atom stereocenters. The number of amides is 1. The Morgan fingerprint density at radius 1 is 1.08 bits per heavy atom. The minimum atomic E-state index is -0.951. The number of benzene rings is 2. The van der Waals surface area contributed by atoms with Gasteiger partial charge in [-0.25, -0.2) is 4.79 Å². The second-order valence-corrected chi connectivity index (χ2v) is 7.17. The first-order valence-corrected chi connectivity index (χ1v) is 9.19. The first-order valence-electron chi connectivity index (χ1n) is 9.19. The standard InChI is InChI=1S/C22H25NO3/c1-16-7-6-9-18(15-16)22(13-4-5-14-22)23-20(24)12-11-17-8-2-3-10-19(17)21(25)26/h2-3,6-10,15H,4-5,11-14H2,1H3,(H,23,24)(H,25,26). The number of rotatable bonds is 6. The quantitative estimate of drug-likeness (QED) is 0.819. The molecule has 136 valence electrons. The third-order valence-electron chi connectivity index (χ3n) is 5.28. The zero-order valence-electron chi connectivity index (χ0n) is 15.1. The van der Waals surface area contributed by atoms with Crippen molar-refractivity contribution in [1.29, 1.82) is 0 Å². The number of nitrogens with one attached hydrogen (secondary N) is 1. The first kappa shape index (κ1) is 18.2. The van der Waals surface area contributed by atoms with Crippen LogP contribution in [0.15, 0.2) is 48.5 Å². The van der Waals surface area contributed by atoms with Gasteiger partial charge < -0.3 is 10.4 Å². The van der Waals surface area contributed by atoms with Crippen molar-refractivity contribution in [2.24, 2.45) is 0 Å². The Hall–Kier alpha value is -2.62. The van der Waals surface area contributed by atoms with Crippen molar-refractivity contribution in [2.45, 2.75) is 51.0 Å². The van der Waals surface area contributed by atoms with Crippen molar-refractivity contribution in [2.75, 3.05) is 0 Å². The number of hydrogen-bond donors (Lipinski definition) is 2. The molecule has 0 atom stereocenters. The molecule has 2 N–H and O–H groups in total. The third-order valence-corrected chi connectivity index (χ3v) is 5.28. The van der Waals surface area contributed by atoms with Crippen molar-refractivity contribution in [1.82, 2.24) is 5.32 Å². The maximum atomic E-state index is 12.7. The van der Waals surface area contributed by atoms with Gasteiger partial charge in [-0.1, -0.05) is 60.9 Å². The van der Waals surface area contributed by atoms with Crippen molar-refractivity contribution in [3.63, 3.8) is 0 Å². The van der Waals surface area contributed by atoms with Crippen LogP contribution >= 0.6 is 0 Å². The van der Waals surface area contributed by atoms with E-state index >= 15 is 0 Å². The SMILES string of the molecule is Cc1cccc(C2(NC(=O)CCc3ccccc3C(=O)O)CCCC2)c1. The summed E-state index contributed by atoms with van der Waals surface area (Å²) in [4.78, 5) is 24.0. The molecule has 2 aromatic rings. The van der Waals surface area contributed by atoms with Gasteiger partial charge in [0.15, 0.2) is 0 Å². The third kappa shape index (κ3) is 3.96. The van der Waals surface area contributed by atoms with Crippen LogP contribution in [-0.2, 0) is 16.8 Å². The lowest BCUT2D eigenvalue weighted by Gasteiger charge is -2.31. The molecule has 1 amide bonds. The molecule has 0 heterocycles. The summed E-state index contributed by atoms with van der Waals surface area (Å²) in [7, 11) is 0. The van der Waals surface area contributed by atoms with Gasteiger partial charge in [0.2, 0.25) is 5.91 Å². The van der Waals surface area contributed by atoms with Crippen molar-refractivity contribution < 1.29 is 14.7 Å². The smallest absolute Gasteiger partial charge is 0.335 e. The molecule has 0 spiro atoms. The minimum absolute atomic E-state index is 0.0198. The van der Waals surface area contributed by atoms with Crippen molar-refractivity contribution >= 4 is 11.9 Å². The Balaban J connectivity index is 1.71. The average molecular weight is 351 g/mol. The molecule has 0 aliphatic heterocycles. The summed E-state index contributed by atoms with van der Waals surface area (Å²) in [6.07, 6.45) is 4.84. The zero-order chi connectivity index (χ0) is 18.6. The molecule has 1 aliphatic rings. The van der Waals surface area contributed by atoms with E-state index in [1.54, 1.807) is 18.2 Å². The van der Waals surface area contributed by atoms with Gasteiger partial charge in [0.25, 0.3) is 0 Å². The van der Waals surface area contributed by atoms with Gasteiger partial charge >= 0.3 is 5.97 Å². The van der Waals surface area contributed by atoms with Crippen LogP contribution in [0.2, 0.25) is 0 Å². The second kappa shape index (κ2) is 7.73. The summed E-state index contributed by atoms with van der Waals surface area (Å²) in [6, 6.07) is 15.2. The maximum absolute atomic E-state index is 12.7. The fourth-order valence-electron chi connectivity index (χ4n) is 3.93. The van der Waals surface area contributed by atoms with Crippen molar-refractivity contribution in [3.8, 4) is 0 Å². The number of hydrogen-bond acceptors (Lipinski definition) is 2. The summed E-state index contributed by atoms with van der Waals surface area (Å²) in [5, 5.41) is 12.5. The van der Waals surface area contributed by atoms with Crippen LogP contribution in [0.4, 0.5) is 0 Å². The van der Waals surface area contributed by atoms with Gasteiger partial charge in [0.05, 0.1) is 11.1 Å². The van der Waals surface area contributed by atoms with Gasteiger partial charge in [0.1, 0.15) is 0 Å². The molecule has 1 saturated carbocycles. The Morgan fingerprint density at radius 3 is 2.50 bits per heavy atom. The molecule has 1 fully saturated rings. The molecule has 0 saturated heterocycles. The molecule has 0 bridgehead atoms. The lowest BCUT2D eigenvalue weighted by atomic mass is 9.87. The monoisotopic (exact) mass is 351 g/mol. The normalized spacial score (nSPS) is 15.6. The van der Waals surface area contributed by atoms with Crippen LogP contribution in [0.5, 0.6) is 0 Å². The molecule has 26 heavy (non-hydrogen) atoms. The topological polar surface area (TPSA) is 66.4 Å². The van der Waals surface area contributed by atoms with E-state index in [1.807, 2.05) is 12.1 Å². The van der Waals surface area contributed by atoms with Gasteiger partial charge in [-0.15, -0.1) is 0 Å². The maximum Gasteiger partial charge on any atom is 0.335 e. The fourth-order valence-corrected chi connectivity index (χ4v) is 3.93. The molecule has 0 radical (unpaired) electrons. The average Bonchev–Trinajstić information content (AvgIpc) is 3.10. The van der Waals surface area contributed by atoms with Crippen LogP contribution in [0.3, 0.4) is 0 Å². The molecule has 4 nitrogen and oxygen atoms in total. The Morgan fingerprint density at radius 2 is 1.81 bits per heavy atom. The molecule has 2 aromatic carbocycles. The van der Waals surface area contributed by atoms with Crippen LogP contribution in [-0.4, -0.2) is 17.0 Å². The number of carbonyl (C=O) groups excluding carboxylic acids is 1. The highest BCUT2D eigenvalue weighted by Gasteiger charge is 2.36. The van der Waals surface area contributed by atoms with E-state index in [-0.39, 0.29) is 23.4 Å². The van der Waals surface area contributed by atoms with Crippen LogP contribution in [0, 0.1) is 6.92 Å². The Bertz CT molecular complexity index is 807. The van der Waals surface area contributed by atoms with E-state index in [4.69, 9.17) is 0 Å². The van der Waals surface area contributed by atoms with E-state index < -0.39 is 5.97 Å². The van der Waals surface area contributed by atoms with E-state index in [0.717, 1.165) is 25.7 Å². The number of carboxylic acid groups (broad SMARTS) is 1. The largest absolute Gasteiger partial charge is 0.478 e. The van der Waals surface area contributed by atoms with Gasteiger partial charge in [-0.05, 0) is 43.4 Å². The van der Waals surface area contributed by atoms with E-state index in [0.29, 0.717) is 12.0 Å². The molecule has 0 aromatic heterocycles. The molecular weight excluding hydrogens is 326 g/mol. The highest BCUT2D eigenvalue weighted by molar-refractivity contribution is 5.89. The fraction of sp³-hybridized carbons (Fsp3) is 0.364. The number of aryl methyl sites for hydroxylation is 2.